The lowest BCUT2D eigenvalue weighted by atomic mass is 10.2. The Kier molecular flexibility index (Phi) is 4.23. The summed E-state index contributed by atoms with van der Waals surface area (Å²) in [4.78, 5) is 15.4. The van der Waals surface area contributed by atoms with Crippen LogP contribution >= 0.6 is 0 Å². The van der Waals surface area contributed by atoms with Crippen molar-refractivity contribution in [2.75, 3.05) is 17.2 Å². The van der Waals surface area contributed by atoms with E-state index in [2.05, 4.69) is 4.98 Å². The normalized spacial score (nSPS) is 11.7. The third kappa shape index (κ3) is 4.01. The molecule has 0 aliphatic heterocycles. The second kappa shape index (κ2) is 5.33. The number of anilines is 2. The lowest BCUT2D eigenvalue weighted by molar-refractivity contribution is -0.120. The smallest absolute Gasteiger partial charge is 0.405 e. The van der Waals surface area contributed by atoms with Gasteiger partial charge in [-0.25, -0.2) is 9.78 Å². The Morgan fingerprint density at radius 1 is 1.53 bits per heavy atom. The van der Waals surface area contributed by atoms with Crippen LogP contribution in [0.3, 0.4) is 0 Å². The molecule has 0 aliphatic rings. The summed E-state index contributed by atoms with van der Waals surface area (Å²) in [6.45, 7) is 1.93. The Hall–Kier alpha value is -1.99. The van der Waals surface area contributed by atoms with E-state index in [1.807, 2.05) is 0 Å². The molecule has 0 bridgehead atoms. The summed E-state index contributed by atoms with van der Waals surface area (Å²) in [7, 11) is 0. The summed E-state index contributed by atoms with van der Waals surface area (Å²) in [6.07, 6.45) is -3.41. The second-order valence-corrected chi connectivity index (χ2v) is 4.28. The maximum absolute atomic E-state index is 12.5. The number of aromatic carboxylic acids is 1. The van der Waals surface area contributed by atoms with Crippen LogP contribution in [0.2, 0.25) is 0 Å². The van der Waals surface area contributed by atoms with Crippen molar-refractivity contribution in [1.29, 1.82) is 0 Å². The molecule has 0 unspecified atom stereocenters. The van der Waals surface area contributed by atoms with Gasteiger partial charge in [-0.15, -0.1) is 0 Å². The van der Waals surface area contributed by atoms with Crippen molar-refractivity contribution in [3.63, 3.8) is 0 Å². The SMILES string of the molecule is CC(C)N(CC(F)(F)F)c1ncc(C(=O)O)cc1N. The fourth-order valence-electron chi connectivity index (χ4n) is 1.53. The number of hydrogen-bond donors (Lipinski definition) is 2. The van der Waals surface area contributed by atoms with Gasteiger partial charge >= 0.3 is 12.1 Å². The van der Waals surface area contributed by atoms with Crippen LogP contribution in [-0.4, -0.2) is 34.8 Å². The topological polar surface area (TPSA) is 79.5 Å². The molecule has 5 nitrogen and oxygen atoms in total. The van der Waals surface area contributed by atoms with E-state index in [1.165, 1.54) is 0 Å². The molecule has 1 heterocycles. The number of hydrogen-bond acceptors (Lipinski definition) is 4. The number of nitrogens with zero attached hydrogens (tertiary/aromatic N) is 2. The first kappa shape index (κ1) is 15.1. The Bertz CT molecular complexity index is 475. The molecule has 19 heavy (non-hydrogen) atoms. The zero-order valence-corrected chi connectivity index (χ0v) is 10.4. The summed E-state index contributed by atoms with van der Waals surface area (Å²) in [5.74, 6) is -1.31. The number of carboxylic acid groups (broad SMARTS) is 1. The van der Waals surface area contributed by atoms with Crippen LogP contribution in [0.15, 0.2) is 12.3 Å². The Labute approximate surface area is 107 Å². The van der Waals surface area contributed by atoms with Gasteiger partial charge in [0.15, 0.2) is 5.82 Å². The van der Waals surface area contributed by atoms with Gasteiger partial charge in [0.2, 0.25) is 0 Å². The maximum Gasteiger partial charge on any atom is 0.405 e. The van der Waals surface area contributed by atoms with E-state index < -0.39 is 24.7 Å². The van der Waals surface area contributed by atoms with E-state index in [0.29, 0.717) is 0 Å². The molecule has 0 atom stereocenters. The summed E-state index contributed by atoms with van der Waals surface area (Å²) >= 11 is 0. The molecule has 3 N–H and O–H groups in total. The average molecular weight is 277 g/mol. The monoisotopic (exact) mass is 277 g/mol. The van der Waals surface area contributed by atoms with Crippen molar-refractivity contribution in [1.82, 2.24) is 4.98 Å². The van der Waals surface area contributed by atoms with Gasteiger partial charge in [-0.1, -0.05) is 0 Å². The molecule has 1 rings (SSSR count). The van der Waals surface area contributed by atoms with Gasteiger partial charge in [-0.05, 0) is 19.9 Å². The van der Waals surface area contributed by atoms with Gasteiger partial charge < -0.3 is 15.7 Å². The zero-order chi connectivity index (χ0) is 14.8. The van der Waals surface area contributed by atoms with Crippen molar-refractivity contribution >= 4 is 17.5 Å². The highest BCUT2D eigenvalue weighted by atomic mass is 19.4. The summed E-state index contributed by atoms with van der Waals surface area (Å²) in [5, 5.41) is 8.75. The summed E-state index contributed by atoms with van der Waals surface area (Å²) in [5.41, 5.74) is 5.31. The van der Waals surface area contributed by atoms with Crippen LogP contribution in [0.5, 0.6) is 0 Å². The number of aromatic nitrogens is 1. The maximum atomic E-state index is 12.5. The van der Waals surface area contributed by atoms with Gasteiger partial charge in [-0.2, -0.15) is 13.2 Å². The molecule has 0 aromatic carbocycles. The molecule has 1 aromatic heterocycles. The number of carboxylic acids is 1. The van der Waals surface area contributed by atoms with E-state index in [1.54, 1.807) is 13.8 Å². The van der Waals surface area contributed by atoms with Gasteiger partial charge in [0, 0.05) is 12.2 Å². The molecule has 8 heteroatoms. The molecule has 0 fully saturated rings. The van der Waals surface area contributed by atoms with Crippen molar-refractivity contribution < 1.29 is 23.1 Å². The summed E-state index contributed by atoms with van der Waals surface area (Å²) in [6, 6.07) is 0.614. The minimum absolute atomic E-state index is 0.0719. The van der Waals surface area contributed by atoms with E-state index in [-0.39, 0.29) is 17.1 Å². The highest BCUT2D eigenvalue weighted by Gasteiger charge is 2.33. The van der Waals surface area contributed by atoms with Crippen LogP contribution in [0, 0.1) is 0 Å². The predicted octanol–water partition coefficient (Wildman–Crippen LogP) is 2.14. The Morgan fingerprint density at radius 3 is 2.47 bits per heavy atom. The fraction of sp³-hybridized carbons (Fsp3) is 0.455. The third-order valence-electron chi connectivity index (χ3n) is 2.39. The molecule has 106 valence electrons. The second-order valence-electron chi connectivity index (χ2n) is 4.28. The first-order chi connectivity index (χ1) is 8.61. The Balaban J connectivity index is 3.14. The standard InChI is InChI=1S/C11H14F3N3O2/c1-6(2)17(5-11(12,13)14)9-8(15)3-7(4-16-9)10(18)19/h3-4,6H,5,15H2,1-2H3,(H,18,19). The molecule has 0 saturated carbocycles. The van der Waals surface area contributed by atoms with Crippen LogP contribution in [0.25, 0.3) is 0 Å². The number of rotatable bonds is 4. The van der Waals surface area contributed by atoms with Crippen LogP contribution in [0.4, 0.5) is 24.7 Å². The van der Waals surface area contributed by atoms with Crippen molar-refractivity contribution in [3.8, 4) is 0 Å². The first-order valence-corrected chi connectivity index (χ1v) is 5.44. The number of nitrogens with two attached hydrogens (primary N) is 1. The number of halogens is 3. The van der Waals surface area contributed by atoms with E-state index in [4.69, 9.17) is 10.8 Å². The largest absolute Gasteiger partial charge is 0.478 e. The number of alkyl halides is 3. The third-order valence-corrected chi connectivity index (χ3v) is 2.39. The number of nitrogen functional groups attached to an aromatic ring is 1. The average Bonchev–Trinajstić information content (AvgIpc) is 2.24. The molecule has 0 radical (unpaired) electrons. The molecule has 1 aromatic rings. The van der Waals surface area contributed by atoms with E-state index >= 15 is 0 Å². The first-order valence-electron chi connectivity index (χ1n) is 5.44. The summed E-state index contributed by atoms with van der Waals surface area (Å²) < 4.78 is 37.5. The zero-order valence-electron chi connectivity index (χ0n) is 10.4. The number of carbonyl (C=O) groups is 1. The van der Waals surface area contributed by atoms with Gasteiger partial charge in [-0.3, -0.25) is 0 Å². The van der Waals surface area contributed by atoms with Crippen LogP contribution in [-0.2, 0) is 0 Å². The molecule has 0 aliphatic carbocycles. The van der Waals surface area contributed by atoms with Crippen LogP contribution in [0.1, 0.15) is 24.2 Å². The Morgan fingerprint density at radius 2 is 2.11 bits per heavy atom. The minimum Gasteiger partial charge on any atom is -0.478 e. The molecule has 0 saturated heterocycles. The molecule has 0 spiro atoms. The van der Waals surface area contributed by atoms with E-state index in [0.717, 1.165) is 17.2 Å². The van der Waals surface area contributed by atoms with Crippen LogP contribution < -0.4 is 10.6 Å². The number of pyridine rings is 1. The predicted molar refractivity (Wildman–Crippen MR) is 64.1 cm³/mol. The lowest BCUT2D eigenvalue weighted by Gasteiger charge is -2.29. The molecular weight excluding hydrogens is 263 g/mol. The van der Waals surface area contributed by atoms with Gasteiger partial charge in [0.1, 0.15) is 6.54 Å². The molecule has 0 amide bonds. The van der Waals surface area contributed by atoms with Gasteiger partial charge in [0.05, 0.1) is 11.3 Å². The fourth-order valence-corrected chi connectivity index (χ4v) is 1.53. The van der Waals surface area contributed by atoms with Gasteiger partial charge in [0.25, 0.3) is 0 Å². The highest BCUT2D eigenvalue weighted by molar-refractivity contribution is 5.89. The highest BCUT2D eigenvalue weighted by Crippen LogP contribution is 2.27. The molecular formula is C11H14F3N3O2. The van der Waals surface area contributed by atoms with Crippen molar-refractivity contribution in [2.45, 2.75) is 26.1 Å². The van der Waals surface area contributed by atoms with E-state index in [9.17, 15) is 18.0 Å². The quantitative estimate of drug-likeness (QED) is 0.881. The van der Waals surface area contributed by atoms with Crippen molar-refractivity contribution in [2.24, 2.45) is 0 Å². The lowest BCUT2D eigenvalue weighted by Crippen LogP contribution is -2.40. The van der Waals surface area contributed by atoms with Crippen molar-refractivity contribution in [3.05, 3.63) is 17.8 Å². The minimum atomic E-state index is -4.40.